The van der Waals surface area contributed by atoms with Crippen LogP contribution in [0.15, 0.2) is 36.5 Å². The Kier molecular flexibility index (Phi) is 9.32. The summed E-state index contributed by atoms with van der Waals surface area (Å²) in [5.74, 6) is 2.36. The average Bonchev–Trinajstić information content (AvgIpc) is 2.84. The fourth-order valence-electron chi connectivity index (χ4n) is 4.05. The Bertz CT molecular complexity index is 1180. The Hall–Kier alpha value is -2.87. The van der Waals surface area contributed by atoms with Crippen molar-refractivity contribution in [1.29, 1.82) is 0 Å². The Balaban J connectivity index is 0.00000342. The number of carbonyl (C=O) groups excluding carboxylic acids is 1. The zero-order valence-corrected chi connectivity index (χ0v) is 21.6. The zero-order chi connectivity index (χ0) is 24.1. The van der Waals surface area contributed by atoms with E-state index < -0.39 is 0 Å². The number of pyridine rings is 1. The molecule has 1 saturated heterocycles. The van der Waals surface area contributed by atoms with Gasteiger partial charge in [-0.2, -0.15) is 0 Å². The number of hydrogen-bond donors (Lipinski definition) is 0. The maximum atomic E-state index is 12.2. The molecular formula is C27H33ClN2O5. The predicted octanol–water partition coefficient (Wildman–Crippen LogP) is 5.38. The van der Waals surface area contributed by atoms with Gasteiger partial charge in [-0.05, 0) is 62.6 Å². The molecule has 1 aliphatic heterocycles. The number of aryl methyl sites for hydroxylation is 2. The number of carbonyl (C=O) groups is 1. The summed E-state index contributed by atoms with van der Waals surface area (Å²) < 4.78 is 23.3. The lowest BCUT2D eigenvalue weighted by atomic mass is 10.0. The van der Waals surface area contributed by atoms with Crippen LogP contribution in [0.1, 0.15) is 34.8 Å². The van der Waals surface area contributed by atoms with E-state index in [-0.39, 0.29) is 18.2 Å². The molecule has 8 heteroatoms. The number of ether oxygens (including phenoxy) is 4. The monoisotopic (exact) mass is 500 g/mol. The number of ketones is 1. The molecule has 0 unspecified atom stereocenters. The van der Waals surface area contributed by atoms with E-state index in [9.17, 15) is 4.79 Å². The van der Waals surface area contributed by atoms with E-state index in [1.807, 2.05) is 38.1 Å². The van der Waals surface area contributed by atoms with Crippen molar-refractivity contribution in [2.45, 2.75) is 27.2 Å². The van der Waals surface area contributed by atoms with E-state index >= 15 is 0 Å². The fraction of sp³-hybridized carbons (Fsp3) is 0.407. The number of hydrogen-bond acceptors (Lipinski definition) is 7. The van der Waals surface area contributed by atoms with Gasteiger partial charge >= 0.3 is 0 Å². The highest BCUT2D eigenvalue weighted by Crippen LogP contribution is 2.38. The van der Waals surface area contributed by atoms with Crippen LogP contribution in [-0.4, -0.2) is 62.2 Å². The Morgan fingerprint density at radius 3 is 2.49 bits per heavy atom. The Morgan fingerprint density at radius 1 is 1.03 bits per heavy atom. The van der Waals surface area contributed by atoms with Crippen LogP contribution in [0.5, 0.6) is 23.0 Å². The molecule has 1 fully saturated rings. The van der Waals surface area contributed by atoms with Crippen LogP contribution in [0.3, 0.4) is 0 Å². The van der Waals surface area contributed by atoms with Gasteiger partial charge in [-0.1, -0.05) is 0 Å². The molecule has 4 rings (SSSR count). The number of Topliss-reactive ketones (excluding diaryl/α,β-unsaturated/α-hetero) is 1. The summed E-state index contributed by atoms with van der Waals surface area (Å²) in [6.07, 6.45) is 2.61. The van der Waals surface area contributed by atoms with E-state index in [4.69, 9.17) is 18.9 Å². The number of methoxy groups -OCH3 is 1. The normalized spacial score (nSPS) is 13.8. The molecule has 0 radical (unpaired) electrons. The maximum absolute atomic E-state index is 12.2. The van der Waals surface area contributed by atoms with E-state index in [0.29, 0.717) is 35.2 Å². The lowest BCUT2D eigenvalue weighted by molar-refractivity contribution is 0.0357. The number of nitrogens with zero attached hydrogens (tertiary/aromatic N) is 2. The molecule has 2 heterocycles. The zero-order valence-electron chi connectivity index (χ0n) is 20.8. The van der Waals surface area contributed by atoms with Crippen LogP contribution in [-0.2, 0) is 4.74 Å². The minimum absolute atomic E-state index is 0. The Labute approximate surface area is 212 Å². The minimum Gasteiger partial charge on any atom is -0.493 e. The maximum Gasteiger partial charge on any atom is 0.163 e. The third-order valence-electron chi connectivity index (χ3n) is 6.16. The molecule has 35 heavy (non-hydrogen) atoms. The molecule has 0 saturated carbocycles. The highest BCUT2D eigenvalue weighted by molar-refractivity contribution is 5.97. The molecule has 188 valence electrons. The molecule has 1 aromatic heterocycles. The molecular weight excluding hydrogens is 468 g/mol. The molecule has 0 bridgehead atoms. The third-order valence-corrected chi connectivity index (χ3v) is 6.16. The first-order chi connectivity index (χ1) is 16.5. The average molecular weight is 501 g/mol. The van der Waals surface area contributed by atoms with E-state index in [1.165, 1.54) is 0 Å². The standard InChI is InChI=1S/C27H32N2O5.ClH/c1-18-14-21(20(3)30)25(15-19(18)2)34-24-6-7-28-23-17-27(26(31-4)16-22(23)24)33-11-5-8-29-9-12-32-13-10-29;/h6-7,14-17H,5,8-13H2,1-4H3;1H. The molecule has 0 atom stereocenters. The largest absolute Gasteiger partial charge is 0.493 e. The van der Waals surface area contributed by atoms with Crippen molar-refractivity contribution >= 4 is 29.1 Å². The van der Waals surface area contributed by atoms with Crippen molar-refractivity contribution in [3.8, 4) is 23.0 Å². The van der Waals surface area contributed by atoms with Gasteiger partial charge in [0.05, 0.1) is 38.0 Å². The lowest BCUT2D eigenvalue weighted by Gasteiger charge is -2.26. The van der Waals surface area contributed by atoms with Crippen molar-refractivity contribution in [2.24, 2.45) is 0 Å². The quantitative estimate of drug-likeness (QED) is 0.288. The van der Waals surface area contributed by atoms with Gasteiger partial charge < -0.3 is 18.9 Å². The summed E-state index contributed by atoms with van der Waals surface area (Å²) >= 11 is 0. The number of fused-ring (bicyclic) bond motifs is 1. The Morgan fingerprint density at radius 2 is 1.77 bits per heavy atom. The molecule has 0 N–H and O–H groups in total. The minimum atomic E-state index is -0.0400. The molecule has 0 aliphatic carbocycles. The van der Waals surface area contributed by atoms with Crippen LogP contribution < -0.4 is 14.2 Å². The van der Waals surface area contributed by atoms with Crippen LogP contribution >= 0.6 is 12.4 Å². The number of rotatable bonds is 9. The number of halogens is 1. The van der Waals surface area contributed by atoms with E-state index in [1.54, 1.807) is 26.3 Å². The van der Waals surface area contributed by atoms with Gasteiger partial charge in [0.2, 0.25) is 0 Å². The fourth-order valence-corrected chi connectivity index (χ4v) is 4.05. The summed E-state index contributed by atoms with van der Waals surface area (Å²) in [4.78, 5) is 19.1. The van der Waals surface area contributed by atoms with Gasteiger partial charge in [0.15, 0.2) is 17.3 Å². The second-order valence-corrected chi connectivity index (χ2v) is 8.58. The summed E-state index contributed by atoms with van der Waals surface area (Å²) in [5, 5.41) is 0.785. The van der Waals surface area contributed by atoms with Gasteiger partial charge in [0.1, 0.15) is 11.5 Å². The number of benzene rings is 2. The first-order valence-corrected chi connectivity index (χ1v) is 11.7. The molecule has 3 aromatic rings. The van der Waals surface area contributed by atoms with Crippen LogP contribution in [0.2, 0.25) is 0 Å². The van der Waals surface area contributed by atoms with Crippen molar-refractivity contribution < 1.29 is 23.7 Å². The van der Waals surface area contributed by atoms with Gasteiger partial charge in [-0.25, -0.2) is 0 Å². The summed E-state index contributed by atoms with van der Waals surface area (Å²) in [6.45, 7) is 10.6. The predicted molar refractivity (Wildman–Crippen MR) is 139 cm³/mol. The molecule has 1 aliphatic rings. The summed E-state index contributed by atoms with van der Waals surface area (Å²) in [5.41, 5.74) is 3.40. The van der Waals surface area contributed by atoms with E-state index in [0.717, 1.165) is 61.3 Å². The SMILES string of the molecule is COc1cc2c(Oc3cc(C)c(C)cc3C(C)=O)ccnc2cc1OCCCN1CCOCC1.Cl. The lowest BCUT2D eigenvalue weighted by Crippen LogP contribution is -2.37. The third kappa shape index (κ3) is 6.42. The van der Waals surface area contributed by atoms with Gasteiger partial charge in [-0.3, -0.25) is 14.7 Å². The van der Waals surface area contributed by atoms with Gasteiger partial charge in [0.25, 0.3) is 0 Å². The van der Waals surface area contributed by atoms with Crippen molar-refractivity contribution in [1.82, 2.24) is 9.88 Å². The second-order valence-electron chi connectivity index (χ2n) is 8.58. The van der Waals surface area contributed by atoms with E-state index in [2.05, 4.69) is 9.88 Å². The van der Waals surface area contributed by atoms with Crippen LogP contribution in [0.25, 0.3) is 10.9 Å². The van der Waals surface area contributed by atoms with Gasteiger partial charge in [0, 0.05) is 37.3 Å². The first-order valence-electron chi connectivity index (χ1n) is 11.7. The van der Waals surface area contributed by atoms with Gasteiger partial charge in [-0.15, -0.1) is 12.4 Å². The first kappa shape index (κ1) is 26.7. The van der Waals surface area contributed by atoms with Crippen molar-refractivity contribution in [3.63, 3.8) is 0 Å². The molecule has 0 spiro atoms. The highest BCUT2D eigenvalue weighted by Gasteiger charge is 2.16. The van der Waals surface area contributed by atoms with Crippen molar-refractivity contribution in [2.75, 3.05) is 46.6 Å². The number of aromatic nitrogens is 1. The smallest absolute Gasteiger partial charge is 0.163 e. The molecule has 0 amide bonds. The molecule has 7 nitrogen and oxygen atoms in total. The molecule has 2 aromatic carbocycles. The summed E-state index contributed by atoms with van der Waals surface area (Å²) in [6, 6.07) is 9.33. The van der Waals surface area contributed by atoms with Crippen molar-refractivity contribution in [3.05, 3.63) is 53.2 Å². The number of morpholine rings is 1. The highest BCUT2D eigenvalue weighted by atomic mass is 35.5. The summed E-state index contributed by atoms with van der Waals surface area (Å²) in [7, 11) is 1.62. The van der Waals surface area contributed by atoms with Crippen LogP contribution in [0.4, 0.5) is 0 Å². The van der Waals surface area contributed by atoms with Crippen LogP contribution in [0, 0.1) is 13.8 Å². The topological polar surface area (TPSA) is 70.1 Å². The second kappa shape index (κ2) is 12.2.